The molecule has 0 radical (unpaired) electrons. The zero-order valence-electron chi connectivity index (χ0n) is 13.1. The van der Waals surface area contributed by atoms with Crippen LogP contribution in [0.4, 0.5) is 0 Å². The third-order valence-corrected chi connectivity index (χ3v) is 5.91. The van der Waals surface area contributed by atoms with Gasteiger partial charge in [-0.05, 0) is 61.5 Å². The van der Waals surface area contributed by atoms with Gasteiger partial charge in [0.1, 0.15) is 0 Å². The number of Topliss-reactive ketones (excluding diaryl/α,β-unsaturated/α-hetero) is 1. The first kappa shape index (κ1) is 13.3. The average Bonchev–Trinajstić information content (AvgIpc) is 3.04. The van der Waals surface area contributed by atoms with Crippen molar-refractivity contribution >= 4 is 5.78 Å². The van der Waals surface area contributed by atoms with E-state index in [1.165, 1.54) is 17.5 Å². The Morgan fingerprint density at radius 3 is 2.86 bits per heavy atom. The van der Waals surface area contributed by atoms with Crippen molar-refractivity contribution in [3.63, 3.8) is 0 Å². The highest BCUT2D eigenvalue weighted by molar-refractivity contribution is 6.05. The van der Waals surface area contributed by atoms with Crippen molar-refractivity contribution < 1.29 is 4.79 Å². The van der Waals surface area contributed by atoms with E-state index in [2.05, 4.69) is 38.1 Å². The Bertz CT molecular complexity index is 637. The Morgan fingerprint density at radius 2 is 2.19 bits per heavy atom. The van der Waals surface area contributed by atoms with Gasteiger partial charge in [0.05, 0.1) is 0 Å². The highest BCUT2D eigenvalue weighted by atomic mass is 16.1. The standard InChI is InChI=1S/C20H24O/c1-13(2)10-16-5-3-4-15-8-9-20(19(21)18(15)16)12-14-6-7-17(20)11-14/h3-6,13,17H,7-12H2,1-2H3. The lowest BCUT2D eigenvalue weighted by Crippen LogP contribution is -2.40. The van der Waals surface area contributed by atoms with Gasteiger partial charge in [0, 0.05) is 11.0 Å². The number of fused-ring (bicyclic) bond motifs is 4. The van der Waals surface area contributed by atoms with E-state index in [9.17, 15) is 4.79 Å². The maximum Gasteiger partial charge on any atom is 0.170 e. The molecule has 0 N–H and O–H groups in total. The molecule has 1 saturated carbocycles. The highest BCUT2D eigenvalue weighted by Gasteiger charge is 2.54. The van der Waals surface area contributed by atoms with Crippen LogP contribution in [0.2, 0.25) is 0 Å². The first-order chi connectivity index (χ1) is 10.1. The van der Waals surface area contributed by atoms with E-state index in [-0.39, 0.29) is 5.41 Å². The summed E-state index contributed by atoms with van der Waals surface area (Å²) in [5.74, 6) is 1.68. The number of allylic oxidation sites excluding steroid dienone is 2. The zero-order valence-corrected chi connectivity index (χ0v) is 13.1. The van der Waals surface area contributed by atoms with Crippen molar-refractivity contribution in [1.82, 2.24) is 0 Å². The number of hydrogen-bond acceptors (Lipinski definition) is 1. The molecule has 2 unspecified atom stereocenters. The third kappa shape index (κ3) is 1.86. The molecule has 110 valence electrons. The summed E-state index contributed by atoms with van der Waals surface area (Å²) in [5.41, 5.74) is 5.22. The van der Waals surface area contributed by atoms with Gasteiger partial charge in [-0.3, -0.25) is 4.79 Å². The van der Waals surface area contributed by atoms with Gasteiger partial charge >= 0.3 is 0 Å². The predicted octanol–water partition coefficient (Wildman–Crippen LogP) is 4.74. The smallest absolute Gasteiger partial charge is 0.170 e. The summed E-state index contributed by atoms with van der Waals surface area (Å²) in [6, 6.07) is 6.50. The van der Waals surface area contributed by atoms with Crippen LogP contribution in [0.15, 0.2) is 29.8 Å². The van der Waals surface area contributed by atoms with Crippen LogP contribution in [0.3, 0.4) is 0 Å². The number of rotatable bonds is 2. The molecule has 0 heterocycles. The summed E-state index contributed by atoms with van der Waals surface area (Å²) in [7, 11) is 0. The molecule has 0 aliphatic heterocycles. The van der Waals surface area contributed by atoms with Crippen LogP contribution in [-0.2, 0) is 12.8 Å². The average molecular weight is 280 g/mol. The fourth-order valence-corrected chi connectivity index (χ4v) is 4.95. The Morgan fingerprint density at radius 1 is 1.33 bits per heavy atom. The Hall–Kier alpha value is -1.37. The first-order valence-electron chi connectivity index (χ1n) is 8.43. The van der Waals surface area contributed by atoms with Gasteiger partial charge in [0.25, 0.3) is 0 Å². The highest BCUT2D eigenvalue weighted by Crippen LogP contribution is 2.58. The molecule has 3 aliphatic rings. The van der Waals surface area contributed by atoms with Crippen molar-refractivity contribution in [2.45, 2.75) is 52.4 Å². The summed E-state index contributed by atoms with van der Waals surface area (Å²) in [4.78, 5) is 13.4. The zero-order chi connectivity index (χ0) is 14.6. The lowest BCUT2D eigenvalue weighted by Gasteiger charge is -2.39. The van der Waals surface area contributed by atoms with Crippen LogP contribution in [0, 0.1) is 17.3 Å². The summed E-state index contributed by atoms with van der Waals surface area (Å²) in [5, 5.41) is 0. The fourth-order valence-electron chi connectivity index (χ4n) is 4.95. The minimum absolute atomic E-state index is 0.0375. The van der Waals surface area contributed by atoms with Crippen molar-refractivity contribution in [3.8, 4) is 0 Å². The minimum atomic E-state index is -0.0375. The van der Waals surface area contributed by atoms with E-state index in [0.717, 1.165) is 37.7 Å². The van der Waals surface area contributed by atoms with E-state index in [4.69, 9.17) is 0 Å². The van der Waals surface area contributed by atoms with Gasteiger partial charge < -0.3 is 0 Å². The first-order valence-corrected chi connectivity index (χ1v) is 8.43. The third-order valence-electron chi connectivity index (χ3n) is 5.91. The molecular weight excluding hydrogens is 256 g/mol. The summed E-state index contributed by atoms with van der Waals surface area (Å²) in [6.45, 7) is 4.48. The molecule has 0 aromatic heterocycles. The Balaban J connectivity index is 1.79. The van der Waals surface area contributed by atoms with Gasteiger partial charge in [-0.25, -0.2) is 0 Å². The van der Waals surface area contributed by atoms with E-state index >= 15 is 0 Å². The maximum atomic E-state index is 13.4. The van der Waals surface area contributed by atoms with Crippen molar-refractivity contribution in [2.75, 3.05) is 0 Å². The molecule has 3 aliphatic carbocycles. The summed E-state index contributed by atoms with van der Waals surface area (Å²) >= 11 is 0. The second kappa shape index (κ2) is 4.56. The molecular formula is C20H24O. The maximum absolute atomic E-state index is 13.4. The molecule has 1 nitrogen and oxygen atoms in total. The second-order valence-electron chi connectivity index (χ2n) is 7.71. The molecule has 1 aromatic rings. The predicted molar refractivity (Wildman–Crippen MR) is 85.5 cm³/mol. The monoisotopic (exact) mass is 280 g/mol. The topological polar surface area (TPSA) is 17.1 Å². The van der Waals surface area contributed by atoms with Gasteiger partial charge in [0.2, 0.25) is 0 Å². The van der Waals surface area contributed by atoms with Crippen LogP contribution < -0.4 is 0 Å². The largest absolute Gasteiger partial charge is 0.294 e. The van der Waals surface area contributed by atoms with E-state index in [0.29, 0.717) is 17.6 Å². The van der Waals surface area contributed by atoms with Crippen LogP contribution in [0.25, 0.3) is 0 Å². The molecule has 1 fully saturated rings. The SMILES string of the molecule is CC(C)Cc1cccc2c1C(=O)C1(CC2)CC2=CCC1C2. The summed E-state index contributed by atoms with van der Waals surface area (Å²) < 4.78 is 0. The Labute approximate surface area is 127 Å². The lowest BCUT2D eigenvalue weighted by atomic mass is 9.62. The van der Waals surface area contributed by atoms with E-state index in [1.807, 2.05) is 0 Å². The van der Waals surface area contributed by atoms with Gasteiger partial charge in [-0.2, -0.15) is 0 Å². The minimum Gasteiger partial charge on any atom is -0.294 e. The van der Waals surface area contributed by atoms with E-state index in [1.54, 1.807) is 5.57 Å². The van der Waals surface area contributed by atoms with Crippen molar-refractivity contribution in [3.05, 3.63) is 46.5 Å². The molecule has 0 saturated heterocycles. The van der Waals surface area contributed by atoms with Crippen molar-refractivity contribution in [1.29, 1.82) is 0 Å². The molecule has 1 heteroatoms. The molecule has 1 spiro atoms. The number of carbonyl (C=O) groups is 1. The normalized spacial score (nSPS) is 30.1. The van der Waals surface area contributed by atoms with Crippen LogP contribution in [0.5, 0.6) is 0 Å². The van der Waals surface area contributed by atoms with Gasteiger partial charge in [-0.15, -0.1) is 0 Å². The van der Waals surface area contributed by atoms with Crippen LogP contribution in [0.1, 0.15) is 61.0 Å². The quantitative estimate of drug-likeness (QED) is 0.715. The second-order valence-corrected chi connectivity index (χ2v) is 7.71. The molecule has 1 aromatic carbocycles. The van der Waals surface area contributed by atoms with Gasteiger partial charge in [0.15, 0.2) is 5.78 Å². The fraction of sp³-hybridized carbons (Fsp3) is 0.550. The number of aryl methyl sites for hydroxylation is 1. The van der Waals surface area contributed by atoms with Crippen molar-refractivity contribution in [2.24, 2.45) is 17.3 Å². The van der Waals surface area contributed by atoms with Crippen LogP contribution >= 0.6 is 0 Å². The summed E-state index contributed by atoms with van der Waals surface area (Å²) in [6.07, 6.45) is 8.96. The lowest BCUT2D eigenvalue weighted by molar-refractivity contribution is 0.0669. The van der Waals surface area contributed by atoms with E-state index < -0.39 is 0 Å². The number of carbonyl (C=O) groups excluding carboxylic acids is 1. The number of hydrogen-bond donors (Lipinski definition) is 0. The van der Waals surface area contributed by atoms with Gasteiger partial charge in [-0.1, -0.05) is 43.7 Å². The number of ketones is 1. The molecule has 0 amide bonds. The Kier molecular flexibility index (Phi) is 2.89. The van der Waals surface area contributed by atoms with Crippen LogP contribution in [-0.4, -0.2) is 5.78 Å². The molecule has 4 rings (SSSR count). The molecule has 21 heavy (non-hydrogen) atoms. The molecule has 2 bridgehead atoms. The molecule has 2 atom stereocenters. The number of benzene rings is 1.